The highest BCUT2D eigenvalue weighted by molar-refractivity contribution is 7.22. The maximum atomic E-state index is 12.7. The summed E-state index contributed by atoms with van der Waals surface area (Å²) in [6.45, 7) is 5.61. The second-order valence-corrected chi connectivity index (χ2v) is 7.17. The Bertz CT molecular complexity index is 677. The van der Waals surface area contributed by atoms with Crippen LogP contribution in [0.3, 0.4) is 0 Å². The molecule has 0 bridgehead atoms. The average molecular weight is 332 g/mol. The van der Waals surface area contributed by atoms with Gasteiger partial charge in [-0.1, -0.05) is 36.8 Å². The van der Waals surface area contributed by atoms with E-state index in [0.717, 1.165) is 53.2 Å². The average Bonchev–Trinajstić information content (AvgIpc) is 3.20. The van der Waals surface area contributed by atoms with Gasteiger partial charge < -0.3 is 4.74 Å². The first-order valence-electron chi connectivity index (χ1n) is 8.47. The molecule has 124 valence electrons. The molecule has 1 amide bonds. The summed E-state index contributed by atoms with van der Waals surface area (Å²) in [6, 6.07) is 6.18. The first kappa shape index (κ1) is 16.4. The molecule has 2 aromatic rings. The molecule has 4 nitrogen and oxygen atoms in total. The zero-order valence-electron chi connectivity index (χ0n) is 13.9. The van der Waals surface area contributed by atoms with E-state index in [1.54, 1.807) is 11.3 Å². The van der Waals surface area contributed by atoms with Crippen LogP contribution < -0.4 is 4.90 Å². The number of rotatable bonds is 6. The van der Waals surface area contributed by atoms with Crippen molar-refractivity contribution in [2.75, 3.05) is 18.1 Å². The predicted molar refractivity (Wildman–Crippen MR) is 95.2 cm³/mol. The number of aryl methyl sites for hydroxylation is 1. The van der Waals surface area contributed by atoms with Gasteiger partial charge in [-0.25, -0.2) is 4.98 Å². The fraction of sp³-hybridized carbons (Fsp3) is 0.556. The van der Waals surface area contributed by atoms with E-state index in [-0.39, 0.29) is 12.0 Å². The summed E-state index contributed by atoms with van der Waals surface area (Å²) < 4.78 is 6.88. The number of para-hydroxylation sites is 1. The lowest BCUT2D eigenvalue weighted by Crippen LogP contribution is -2.37. The van der Waals surface area contributed by atoms with Gasteiger partial charge in [0.1, 0.15) is 0 Å². The van der Waals surface area contributed by atoms with Crippen molar-refractivity contribution >= 4 is 32.6 Å². The van der Waals surface area contributed by atoms with Crippen molar-refractivity contribution in [1.82, 2.24) is 4.98 Å². The van der Waals surface area contributed by atoms with E-state index in [1.807, 2.05) is 11.0 Å². The van der Waals surface area contributed by atoms with Gasteiger partial charge in [0, 0.05) is 13.0 Å². The van der Waals surface area contributed by atoms with Crippen LogP contribution in [0.2, 0.25) is 0 Å². The predicted octanol–water partition coefficient (Wildman–Crippen LogP) is 4.31. The molecule has 1 aromatic heterocycles. The van der Waals surface area contributed by atoms with Crippen LogP contribution in [0.1, 0.15) is 44.6 Å². The van der Waals surface area contributed by atoms with E-state index in [2.05, 4.69) is 26.0 Å². The smallest absolute Gasteiger partial charge is 0.228 e. The number of ether oxygens (including phenoxy) is 1. The Morgan fingerprint density at radius 3 is 3.04 bits per heavy atom. The number of thiazole rings is 1. The first-order valence-corrected chi connectivity index (χ1v) is 9.29. The molecule has 5 heteroatoms. The van der Waals surface area contributed by atoms with Gasteiger partial charge in [-0.3, -0.25) is 9.69 Å². The first-order chi connectivity index (χ1) is 11.2. The molecule has 0 saturated carbocycles. The Labute approximate surface area is 141 Å². The zero-order valence-corrected chi connectivity index (χ0v) is 14.7. The highest BCUT2D eigenvalue weighted by Crippen LogP contribution is 2.32. The van der Waals surface area contributed by atoms with Crippen LogP contribution in [-0.2, 0) is 9.53 Å². The van der Waals surface area contributed by atoms with Crippen molar-refractivity contribution in [3.63, 3.8) is 0 Å². The maximum absolute atomic E-state index is 12.7. The Balaban J connectivity index is 1.88. The standard InChI is InChI=1S/C18H24N2O2S/c1-3-4-10-16(21)20(12-14-8-6-11-22-14)18-19-17-13(2)7-5-9-15(17)23-18/h5,7,9,14H,3-4,6,8,10-12H2,1-2H3. The molecule has 0 radical (unpaired) electrons. The summed E-state index contributed by atoms with van der Waals surface area (Å²) in [4.78, 5) is 19.3. The molecule has 1 aliphatic heterocycles. The second kappa shape index (κ2) is 7.41. The minimum Gasteiger partial charge on any atom is -0.376 e. The molecule has 0 aliphatic carbocycles. The van der Waals surface area contributed by atoms with E-state index in [1.165, 1.54) is 0 Å². The number of nitrogens with zero attached hydrogens (tertiary/aromatic N) is 2. The molecule has 1 aromatic carbocycles. The molecule has 1 fully saturated rings. The fourth-order valence-corrected chi connectivity index (χ4v) is 4.00. The van der Waals surface area contributed by atoms with Gasteiger partial charge in [0.25, 0.3) is 0 Å². The summed E-state index contributed by atoms with van der Waals surface area (Å²) in [5.41, 5.74) is 2.16. The number of carbonyl (C=O) groups is 1. The largest absolute Gasteiger partial charge is 0.376 e. The summed E-state index contributed by atoms with van der Waals surface area (Å²) >= 11 is 1.60. The molecule has 1 saturated heterocycles. The van der Waals surface area contributed by atoms with Gasteiger partial charge in [-0.2, -0.15) is 0 Å². The Morgan fingerprint density at radius 1 is 1.48 bits per heavy atom. The summed E-state index contributed by atoms with van der Waals surface area (Å²) in [6.07, 6.45) is 4.79. The maximum Gasteiger partial charge on any atom is 0.228 e. The van der Waals surface area contributed by atoms with Gasteiger partial charge in [0.05, 0.1) is 22.9 Å². The lowest BCUT2D eigenvalue weighted by Gasteiger charge is -2.23. The van der Waals surface area contributed by atoms with Gasteiger partial charge in [-0.15, -0.1) is 0 Å². The van der Waals surface area contributed by atoms with Gasteiger partial charge in [0.15, 0.2) is 5.13 Å². The van der Waals surface area contributed by atoms with E-state index >= 15 is 0 Å². The summed E-state index contributed by atoms with van der Waals surface area (Å²) in [7, 11) is 0. The van der Waals surface area contributed by atoms with Gasteiger partial charge >= 0.3 is 0 Å². The van der Waals surface area contributed by atoms with E-state index in [9.17, 15) is 4.79 Å². The number of fused-ring (bicyclic) bond motifs is 1. The summed E-state index contributed by atoms with van der Waals surface area (Å²) in [5, 5.41) is 0.811. The van der Waals surface area contributed by atoms with Gasteiger partial charge in [0.2, 0.25) is 5.91 Å². The molecule has 1 atom stereocenters. The highest BCUT2D eigenvalue weighted by Gasteiger charge is 2.25. The number of hydrogen-bond acceptors (Lipinski definition) is 4. The highest BCUT2D eigenvalue weighted by atomic mass is 32.1. The number of unbranched alkanes of at least 4 members (excludes halogenated alkanes) is 1. The third kappa shape index (κ3) is 3.72. The Hall–Kier alpha value is -1.46. The molecule has 3 rings (SSSR count). The molecule has 2 heterocycles. The molecular formula is C18H24N2O2S. The number of aromatic nitrogens is 1. The molecule has 0 spiro atoms. The monoisotopic (exact) mass is 332 g/mol. The number of hydrogen-bond donors (Lipinski definition) is 0. The number of carbonyl (C=O) groups excluding carboxylic acids is 1. The van der Waals surface area contributed by atoms with Crippen LogP contribution in [0.5, 0.6) is 0 Å². The summed E-state index contributed by atoms with van der Waals surface area (Å²) in [5.74, 6) is 0.166. The minimum atomic E-state index is 0.147. The van der Waals surface area contributed by atoms with Crippen molar-refractivity contribution in [3.05, 3.63) is 23.8 Å². The lowest BCUT2D eigenvalue weighted by atomic mass is 10.2. The third-order valence-corrected chi connectivity index (χ3v) is 5.34. The topological polar surface area (TPSA) is 42.4 Å². The fourth-order valence-electron chi connectivity index (χ4n) is 2.93. The Morgan fingerprint density at radius 2 is 2.35 bits per heavy atom. The molecular weight excluding hydrogens is 308 g/mol. The second-order valence-electron chi connectivity index (χ2n) is 6.16. The normalized spacial score (nSPS) is 17.7. The van der Waals surface area contributed by atoms with Crippen LogP contribution in [0, 0.1) is 6.92 Å². The number of anilines is 1. The van der Waals surface area contributed by atoms with Crippen LogP contribution in [-0.4, -0.2) is 30.1 Å². The number of benzene rings is 1. The molecule has 1 aliphatic rings. The van der Waals surface area contributed by atoms with Crippen molar-refractivity contribution in [3.8, 4) is 0 Å². The van der Waals surface area contributed by atoms with E-state index < -0.39 is 0 Å². The number of amides is 1. The molecule has 1 unspecified atom stereocenters. The molecule has 23 heavy (non-hydrogen) atoms. The van der Waals surface area contributed by atoms with Crippen LogP contribution in [0.4, 0.5) is 5.13 Å². The SMILES string of the molecule is CCCCC(=O)N(CC1CCCO1)c1nc2c(C)cccc2s1. The zero-order chi connectivity index (χ0) is 16.2. The third-order valence-electron chi connectivity index (χ3n) is 4.30. The lowest BCUT2D eigenvalue weighted by molar-refractivity contribution is -0.119. The van der Waals surface area contributed by atoms with Crippen LogP contribution in [0.15, 0.2) is 18.2 Å². The quantitative estimate of drug-likeness (QED) is 0.792. The Kier molecular flexibility index (Phi) is 5.28. The van der Waals surface area contributed by atoms with Crippen LogP contribution in [0.25, 0.3) is 10.2 Å². The van der Waals surface area contributed by atoms with Gasteiger partial charge in [-0.05, 0) is 37.8 Å². The van der Waals surface area contributed by atoms with Crippen molar-refractivity contribution in [1.29, 1.82) is 0 Å². The van der Waals surface area contributed by atoms with Crippen molar-refractivity contribution in [2.24, 2.45) is 0 Å². The van der Waals surface area contributed by atoms with Crippen molar-refractivity contribution < 1.29 is 9.53 Å². The van der Waals surface area contributed by atoms with E-state index in [4.69, 9.17) is 9.72 Å². The molecule has 0 N–H and O–H groups in total. The minimum absolute atomic E-state index is 0.147. The van der Waals surface area contributed by atoms with Crippen molar-refractivity contribution in [2.45, 2.75) is 52.1 Å². The van der Waals surface area contributed by atoms with Crippen LogP contribution >= 0.6 is 11.3 Å². The van der Waals surface area contributed by atoms with E-state index in [0.29, 0.717) is 13.0 Å².